The zero-order chi connectivity index (χ0) is 22.1. The minimum absolute atomic E-state index is 0.0183. The summed E-state index contributed by atoms with van der Waals surface area (Å²) >= 11 is 0. The van der Waals surface area contributed by atoms with E-state index in [0.29, 0.717) is 44.2 Å². The van der Waals surface area contributed by atoms with E-state index in [1.165, 1.54) is 23.1 Å². The maximum Gasteiger partial charge on any atom is 0.228 e. The molecule has 3 aromatic rings. The molecule has 2 saturated heterocycles. The average molecular weight is 436 g/mol. The number of aromatic nitrogens is 5. The molecule has 0 bridgehead atoms. The zero-order valence-corrected chi connectivity index (χ0v) is 17.2. The largest absolute Gasteiger partial charge is 0.352 e. The van der Waals surface area contributed by atoms with Gasteiger partial charge in [0.1, 0.15) is 18.5 Å². The minimum Gasteiger partial charge on any atom is -0.352 e. The van der Waals surface area contributed by atoms with E-state index < -0.39 is 0 Å². The van der Waals surface area contributed by atoms with Crippen molar-refractivity contribution in [3.8, 4) is 5.82 Å². The molecule has 32 heavy (non-hydrogen) atoms. The Balaban J connectivity index is 1.18. The molecule has 0 N–H and O–H groups in total. The fourth-order valence-electron chi connectivity index (χ4n) is 4.09. The predicted octanol–water partition coefficient (Wildman–Crippen LogP) is 0.898. The SMILES string of the molecule is O=C([C@@H]1CC(=O)N(c2ccc(F)cc2)C1)N1CCN(c2ccc(-n3cncn3)nn2)CC1. The third-order valence-electron chi connectivity index (χ3n) is 5.82. The molecule has 0 spiro atoms. The number of piperazine rings is 1. The molecule has 5 rings (SSSR count). The van der Waals surface area contributed by atoms with Crippen LogP contribution < -0.4 is 9.80 Å². The Hall–Kier alpha value is -3.89. The molecule has 4 heterocycles. The molecule has 164 valence electrons. The molecule has 1 atom stereocenters. The van der Waals surface area contributed by atoms with Gasteiger partial charge in [0, 0.05) is 44.8 Å². The first-order chi connectivity index (χ1) is 15.6. The Morgan fingerprint density at radius 3 is 2.34 bits per heavy atom. The van der Waals surface area contributed by atoms with Gasteiger partial charge in [-0.15, -0.1) is 10.2 Å². The van der Waals surface area contributed by atoms with Gasteiger partial charge in [0.25, 0.3) is 0 Å². The van der Waals surface area contributed by atoms with Crippen LogP contribution in [0.25, 0.3) is 5.82 Å². The van der Waals surface area contributed by atoms with E-state index in [0.717, 1.165) is 5.82 Å². The minimum atomic E-state index is -0.388. The topological polar surface area (TPSA) is 100 Å². The van der Waals surface area contributed by atoms with E-state index in [9.17, 15) is 14.0 Å². The third-order valence-corrected chi connectivity index (χ3v) is 5.82. The van der Waals surface area contributed by atoms with Crippen LogP contribution in [0.3, 0.4) is 0 Å². The van der Waals surface area contributed by atoms with E-state index in [-0.39, 0.29) is 30.0 Å². The molecule has 1 aromatic carbocycles. The van der Waals surface area contributed by atoms with Gasteiger partial charge in [0.05, 0.1) is 5.92 Å². The molecule has 2 aliphatic rings. The first-order valence-corrected chi connectivity index (χ1v) is 10.4. The molecule has 2 aromatic heterocycles. The molecule has 10 nitrogen and oxygen atoms in total. The molecule has 11 heteroatoms. The predicted molar refractivity (Wildman–Crippen MR) is 113 cm³/mol. The van der Waals surface area contributed by atoms with Crippen LogP contribution in [0.2, 0.25) is 0 Å². The van der Waals surface area contributed by atoms with Crippen LogP contribution in [0, 0.1) is 11.7 Å². The van der Waals surface area contributed by atoms with Crippen molar-refractivity contribution < 1.29 is 14.0 Å². The Morgan fingerprint density at radius 2 is 1.69 bits per heavy atom. The smallest absolute Gasteiger partial charge is 0.228 e. The van der Waals surface area contributed by atoms with Crippen LogP contribution in [0.1, 0.15) is 6.42 Å². The van der Waals surface area contributed by atoms with Crippen molar-refractivity contribution >= 4 is 23.3 Å². The Bertz CT molecular complexity index is 1100. The summed E-state index contributed by atoms with van der Waals surface area (Å²) < 4.78 is 14.7. The number of nitrogens with zero attached hydrogens (tertiary/aromatic N) is 8. The van der Waals surface area contributed by atoms with Crippen molar-refractivity contribution in [2.45, 2.75) is 6.42 Å². The highest BCUT2D eigenvalue weighted by Crippen LogP contribution is 2.27. The summed E-state index contributed by atoms with van der Waals surface area (Å²) in [5.41, 5.74) is 0.615. The van der Waals surface area contributed by atoms with Crippen LogP contribution in [-0.4, -0.2) is 74.4 Å². The number of amides is 2. The molecule has 0 saturated carbocycles. The van der Waals surface area contributed by atoms with Gasteiger partial charge in [-0.1, -0.05) is 0 Å². The summed E-state index contributed by atoms with van der Waals surface area (Å²) in [5.74, 6) is 0.437. The van der Waals surface area contributed by atoms with Crippen molar-refractivity contribution in [3.63, 3.8) is 0 Å². The lowest BCUT2D eigenvalue weighted by Crippen LogP contribution is -2.51. The molecule has 0 unspecified atom stereocenters. The average Bonchev–Trinajstić information content (AvgIpc) is 3.50. The second-order valence-electron chi connectivity index (χ2n) is 7.78. The van der Waals surface area contributed by atoms with Gasteiger partial charge in [-0.05, 0) is 36.4 Å². The van der Waals surface area contributed by atoms with Crippen molar-refractivity contribution in [1.82, 2.24) is 29.9 Å². The number of anilines is 2. The zero-order valence-electron chi connectivity index (χ0n) is 17.2. The summed E-state index contributed by atoms with van der Waals surface area (Å²) in [5, 5.41) is 12.5. The summed E-state index contributed by atoms with van der Waals surface area (Å²) in [7, 11) is 0. The highest BCUT2D eigenvalue weighted by atomic mass is 19.1. The van der Waals surface area contributed by atoms with Crippen LogP contribution >= 0.6 is 0 Å². The van der Waals surface area contributed by atoms with Crippen molar-refractivity contribution in [3.05, 3.63) is 54.9 Å². The molecule has 0 radical (unpaired) electrons. The van der Waals surface area contributed by atoms with E-state index in [1.807, 2.05) is 12.1 Å². The van der Waals surface area contributed by atoms with Gasteiger partial charge in [-0.2, -0.15) is 5.10 Å². The molecule has 0 aliphatic carbocycles. The second kappa shape index (κ2) is 8.33. The summed E-state index contributed by atoms with van der Waals surface area (Å²) in [6.45, 7) is 2.68. The summed E-state index contributed by atoms with van der Waals surface area (Å²) in [6.07, 6.45) is 3.16. The van der Waals surface area contributed by atoms with Crippen LogP contribution in [0.15, 0.2) is 49.1 Å². The standard InChI is InChI=1S/C21H21FN8O2/c22-16-1-3-17(4-2-16)29-12-15(11-20(29)31)21(32)28-9-7-27(8-10-28)18-5-6-19(26-25-18)30-14-23-13-24-30/h1-6,13-15H,7-12H2/t15-/m1/s1. The van der Waals surface area contributed by atoms with Crippen LogP contribution in [-0.2, 0) is 9.59 Å². The molecule has 2 fully saturated rings. The van der Waals surface area contributed by atoms with E-state index in [1.54, 1.807) is 28.3 Å². The Kier molecular flexibility index (Phi) is 5.21. The molecular weight excluding hydrogens is 415 g/mol. The lowest BCUT2D eigenvalue weighted by Gasteiger charge is -2.36. The number of hydrogen-bond acceptors (Lipinski definition) is 7. The van der Waals surface area contributed by atoms with Gasteiger partial charge < -0.3 is 14.7 Å². The number of hydrogen-bond donors (Lipinski definition) is 0. The fourth-order valence-corrected chi connectivity index (χ4v) is 4.09. The van der Waals surface area contributed by atoms with Crippen LogP contribution in [0.5, 0.6) is 0 Å². The first kappa shape index (κ1) is 20.0. The Morgan fingerprint density at radius 1 is 0.969 bits per heavy atom. The lowest BCUT2D eigenvalue weighted by atomic mass is 10.1. The maximum absolute atomic E-state index is 13.2. The first-order valence-electron chi connectivity index (χ1n) is 10.4. The number of carbonyl (C=O) groups is 2. The highest BCUT2D eigenvalue weighted by Gasteiger charge is 2.38. The van der Waals surface area contributed by atoms with Gasteiger partial charge in [0.2, 0.25) is 11.8 Å². The number of benzene rings is 1. The van der Waals surface area contributed by atoms with Crippen LogP contribution in [0.4, 0.5) is 15.9 Å². The highest BCUT2D eigenvalue weighted by molar-refractivity contribution is 6.00. The second-order valence-corrected chi connectivity index (χ2v) is 7.78. The third kappa shape index (κ3) is 3.88. The normalized spacial score (nSPS) is 19.0. The van der Waals surface area contributed by atoms with E-state index >= 15 is 0 Å². The van der Waals surface area contributed by atoms with Gasteiger partial charge in [-0.25, -0.2) is 14.1 Å². The van der Waals surface area contributed by atoms with Crippen molar-refractivity contribution in [2.75, 3.05) is 42.5 Å². The summed E-state index contributed by atoms with van der Waals surface area (Å²) in [6, 6.07) is 9.46. The summed E-state index contributed by atoms with van der Waals surface area (Å²) in [4.78, 5) is 34.8. The quantitative estimate of drug-likeness (QED) is 0.599. The molecular formula is C21H21FN8O2. The van der Waals surface area contributed by atoms with Crippen molar-refractivity contribution in [2.24, 2.45) is 5.92 Å². The molecule has 2 amide bonds. The molecule has 2 aliphatic heterocycles. The van der Waals surface area contributed by atoms with Gasteiger partial charge >= 0.3 is 0 Å². The number of carbonyl (C=O) groups excluding carboxylic acids is 2. The maximum atomic E-state index is 13.2. The number of rotatable bonds is 4. The van der Waals surface area contributed by atoms with Crippen molar-refractivity contribution in [1.29, 1.82) is 0 Å². The lowest BCUT2D eigenvalue weighted by molar-refractivity contribution is -0.136. The monoisotopic (exact) mass is 436 g/mol. The van der Waals surface area contributed by atoms with E-state index in [2.05, 4.69) is 25.2 Å². The number of halogens is 1. The van der Waals surface area contributed by atoms with Gasteiger partial charge in [0.15, 0.2) is 11.6 Å². The fraction of sp³-hybridized carbons (Fsp3) is 0.333. The Labute approximate surface area is 183 Å². The van der Waals surface area contributed by atoms with E-state index in [4.69, 9.17) is 0 Å². The van der Waals surface area contributed by atoms with Gasteiger partial charge in [-0.3, -0.25) is 9.59 Å².